The van der Waals surface area contributed by atoms with Crippen LogP contribution in [0, 0.1) is 12.1 Å². The second-order valence-electron chi connectivity index (χ2n) is 13.9. The van der Waals surface area contributed by atoms with Crippen LogP contribution in [0.25, 0.3) is 65.2 Å². The quantitative estimate of drug-likeness (QED) is 0.163. The summed E-state index contributed by atoms with van der Waals surface area (Å²) in [5.74, 6) is 0. The molecule has 5 heteroatoms. The molecule has 0 amide bonds. The van der Waals surface area contributed by atoms with Crippen molar-refractivity contribution in [2.45, 2.75) is 38.5 Å². The van der Waals surface area contributed by atoms with Gasteiger partial charge in [0.05, 0.1) is 17.2 Å². The standard InChI is InChI=1S/C23H17N2.C22H16NS.Ir/c1-23(2)19-6-4-3-5-17(19)18-9-7-16(13-20(18)23)21-10-8-15-11-12-24-14-22(15)25-21;1-22(2)17-8-4-3-7-15(17)16-12-11-14(13-18(16)22)21-23-19-9-5-6-10-20(19)24-21;/h3-6,8-14H,1-2H3;3-10,12-13H,1-2H3;/q2*-1;. The number of aromatic nitrogens is 3. The van der Waals surface area contributed by atoms with E-state index in [1.165, 1.54) is 49.2 Å². The van der Waals surface area contributed by atoms with Gasteiger partial charge in [-0.15, -0.1) is 58.7 Å². The van der Waals surface area contributed by atoms with E-state index in [0.29, 0.717) is 0 Å². The molecule has 8 aromatic rings. The Kier molecular flexibility index (Phi) is 7.91. The molecule has 0 N–H and O–H groups in total. The van der Waals surface area contributed by atoms with Crippen molar-refractivity contribution in [2.75, 3.05) is 0 Å². The van der Waals surface area contributed by atoms with Crippen LogP contribution in [0.15, 0.2) is 128 Å². The van der Waals surface area contributed by atoms with Crippen molar-refractivity contribution in [3.8, 4) is 44.1 Å². The molecule has 2 aliphatic carbocycles. The van der Waals surface area contributed by atoms with Gasteiger partial charge in [0.2, 0.25) is 0 Å². The van der Waals surface area contributed by atoms with Crippen molar-refractivity contribution in [1.29, 1.82) is 0 Å². The first-order valence-electron chi connectivity index (χ1n) is 16.7. The summed E-state index contributed by atoms with van der Waals surface area (Å²) in [6, 6.07) is 47.5. The van der Waals surface area contributed by atoms with Crippen molar-refractivity contribution >= 4 is 32.5 Å². The van der Waals surface area contributed by atoms with Crippen molar-refractivity contribution < 1.29 is 20.1 Å². The Balaban J connectivity index is 0.000000142. The van der Waals surface area contributed by atoms with Gasteiger partial charge in [-0.3, -0.25) is 15.0 Å². The number of hydrogen-bond donors (Lipinski definition) is 0. The molecule has 3 heterocycles. The second-order valence-corrected chi connectivity index (χ2v) is 15.0. The van der Waals surface area contributed by atoms with E-state index in [-0.39, 0.29) is 30.9 Å². The molecule has 3 aromatic heterocycles. The third kappa shape index (κ3) is 5.15. The van der Waals surface area contributed by atoms with Gasteiger partial charge in [0.25, 0.3) is 0 Å². The summed E-state index contributed by atoms with van der Waals surface area (Å²) in [5, 5.41) is 2.15. The number of pyridine rings is 2. The van der Waals surface area contributed by atoms with E-state index in [4.69, 9.17) is 9.97 Å². The molecule has 10 rings (SSSR count). The SMILES string of the molecule is CC1(C)c2ccccc2-c2c[c-]c(-c3ccc4ccncc4n3)cc21.CC1(C)c2ccccc2-c2c[c-]c(-c3nc4ccccc4s3)cc21.[Ir]. The summed E-state index contributed by atoms with van der Waals surface area (Å²) in [7, 11) is 0. The Morgan fingerprint density at radius 3 is 1.84 bits per heavy atom. The van der Waals surface area contributed by atoms with E-state index in [9.17, 15) is 0 Å². The van der Waals surface area contributed by atoms with E-state index < -0.39 is 0 Å². The molecule has 0 saturated carbocycles. The average Bonchev–Trinajstić information content (AvgIpc) is 3.75. The summed E-state index contributed by atoms with van der Waals surface area (Å²) in [6.07, 6.45) is 3.61. The molecule has 0 bridgehead atoms. The fourth-order valence-corrected chi connectivity index (χ4v) is 8.60. The minimum absolute atomic E-state index is 0. The molecular formula is C45H33IrN3S-2. The van der Waals surface area contributed by atoms with Crippen molar-refractivity contribution in [3.05, 3.63) is 162 Å². The van der Waals surface area contributed by atoms with Crippen molar-refractivity contribution in [1.82, 2.24) is 15.0 Å². The molecule has 50 heavy (non-hydrogen) atoms. The van der Waals surface area contributed by atoms with Gasteiger partial charge >= 0.3 is 0 Å². The molecule has 1 radical (unpaired) electrons. The van der Waals surface area contributed by atoms with Crippen LogP contribution >= 0.6 is 11.3 Å². The number of nitrogens with zero attached hydrogens (tertiary/aromatic N) is 3. The van der Waals surface area contributed by atoms with Gasteiger partial charge in [0.15, 0.2) is 0 Å². The van der Waals surface area contributed by atoms with Crippen LogP contribution in [0.1, 0.15) is 49.9 Å². The van der Waals surface area contributed by atoms with Crippen molar-refractivity contribution in [3.63, 3.8) is 0 Å². The van der Waals surface area contributed by atoms with Crippen molar-refractivity contribution in [2.24, 2.45) is 0 Å². The van der Waals surface area contributed by atoms with Crippen LogP contribution in [0.3, 0.4) is 0 Å². The van der Waals surface area contributed by atoms with E-state index in [1.54, 1.807) is 17.5 Å². The maximum absolute atomic E-state index is 4.79. The molecule has 2 aliphatic rings. The first-order valence-corrected chi connectivity index (χ1v) is 17.5. The maximum Gasteiger partial charge on any atom is 0.0778 e. The number of fused-ring (bicyclic) bond motifs is 8. The van der Waals surface area contributed by atoms with Gasteiger partial charge in [0, 0.05) is 41.4 Å². The minimum Gasteiger partial charge on any atom is -0.295 e. The molecule has 0 atom stereocenters. The van der Waals surface area contributed by atoms with Gasteiger partial charge < -0.3 is 0 Å². The van der Waals surface area contributed by atoms with Gasteiger partial charge in [-0.2, -0.15) is 11.3 Å². The summed E-state index contributed by atoms with van der Waals surface area (Å²) in [5.41, 5.74) is 15.8. The molecular weight excluding hydrogens is 807 g/mol. The van der Waals surface area contributed by atoms with E-state index in [2.05, 4.69) is 148 Å². The average molecular weight is 840 g/mol. The molecule has 0 fully saturated rings. The number of thiazole rings is 1. The smallest absolute Gasteiger partial charge is 0.0778 e. The molecule has 5 aromatic carbocycles. The largest absolute Gasteiger partial charge is 0.295 e. The normalized spacial score (nSPS) is 14.2. The van der Waals surface area contributed by atoms with Gasteiger partial charge in [-0.25, -0.2) is 0 Å². The predicted molar refractivity (Wildman–Crippen MR) is 203 cm³/mol. The van der Waals surface area contributed by atoms with E-state index in [1.807, 2.05) is 18.3 Å². The second kappa shape index (κ2) is 12.2. The van der Waals surface area contributed by atoms with E-state index >= 15 is 0 Å². The van der Waals surface area contributed by atoms with Crippen LogP contribution < -0.4 is 0 Å². The number of para-hydroxylation sites is 1. The Bertz CT molecular complexity index is 2550. The summed E-state index contributed by atoms with van der Waals surface area (Å²) in [4.78, 5) is 13.7. The molecule has 0 aliphatic heterocycles. The summed E-state index contributed by atoms with van der Waals surface area (Å²) >= 11 is 1.74. The zero-order valence-corrected chi connectivity index (χ0v) is 31.4. The first kappa shape index (κ1) is 32.4. The van der Waals surface area contributed by atoms with Crippen LogP contribution in [-0.2, 0) is 30.9 Å². The number of benzene rings is 5. The minimum atomic E-state index is -0.00577. The maximum atomic E-state index is 4.79. The Morgan fingerprint density at radius 1 is 0.560 bits per heavy atom. The third-order valence-electron chi connectivity index (χ3n) is 10.3. The van der Waals surface area contributed by atoms with Crippen LogP contribution in [0.5, 0.6) is 0 Å². The Morgan fingerprint density at radius 2 is 1.16 bits per heavy atom. The Hall–Kier alpha value is -4.80. The molecule has 3 nitrogen and oxygen atoms in total. The monoisotopic (exact) mass is 840 g/mol. The molecule has 245 valence electrons. The van der Waals surface area contributed by atoms with Crippen LogP contribution in [0.4, 0.5) is 0 Å². The fourth-order valence-electron chi connectivity index (χ4n) is 7.65. The van der Waals surface area contributed by atoms with Crippen LogP contribution in [0.2, 0.25) is 0 Å². The topological polar surface area (TPSA) is 38.7 Å². The Labute approximate surface area is 310 Å². The summed E-state index contributed by atoms with van der Waals surface area (Å²) in [6.45, 7) is 9.19. The van der Waals surface area contributed by atoms with Gasteiger partial charge in [-0.05, 0) is 45.8 Å². The zero-order chi connectivity index (χ0) is 33.3. The number of rotatable bonds is 2. The van der Waals surface area contributed by atoms with Crippen LogP contribution in [-0.4, -0.2) is 15.0 Å². The predicted octanol–water partition coefficient (Wildman–Crippen LogP) is 11.5. The van der Waals surface area contributed by atoms with E-state index in [0.717, 1.165) is 38.2 Å². The first-order chi connectivity index (χ1) is 23.8. The fraction of sp³-hybridized carbons (Fsp3) is 0.133. The summed E-state index contributed by atoms with van der Waals surface area (Å²) < 4.78 is 1.23. The zero-order valence-electron chi connectivity index (χ0n) is 28.2. The third-order valence-corrected chi connectivity index (χ3v) is 11.4. The molecule has 0 unspecified atom stereocenters. The van der Waals surface area contributed by atoms with Gasteiger partial charge in [-0.1, -0.05) is 123 Å². The molecule has 0 spiro atoms. The number of hydrogen-bond acceptors (Lipinski definition) is 4. The van der Waals surface area contributed by atoms with Gasteiger partial charge in [0.1, 0.15) is 0 Å². The molecule has 0 saturated heterocycles.